The van der Waals surface area contributed by atoms with Crippen LogP contribution in [-0.4, -0.2) is 33.2 Å². The van der Waals surface area contributed by atoms with Crippen molar-refractivity contribution < 1.29 is 13.0 Å². The molecule has 15 heavy (non-hydrogen) atoms. The van der Waals surface area contributed by atoms with Crippen molar-refractivity contribution in [3.8, 4) is 0 Å². The average molecular weight is 252 g/mol. The van der Waals surface area contributed by atoms with Crippen LogP contribution in [0.4, 0.5) is 0 Å². The maximum Gasteiger partial charge on any atom is 0.288 e. The lowest BCUT2D eigenvalue weighted by molar-refractivity contribution is 0.388. The Morgan fingerprint density at radius 3 is 2.53 bits per heavy atom. The fourth-order valence-corrected chi connectivity index (χ4v) is 2.47. The first-order valence-electron chi connectivity index (χ1n) is 4.28. The van der Waals surface area contributed by atoms with Gasteiger partial charge in [-0.3, -0.25) is 4.55 Å². The van der Waals surface area contributed by atoms with Gasteiger partial charge in [-0.2, -0.15) is 13.6 Å². The maximum absolute atomic E-state index is 11.1. The lowest BCUT2D eigenvalue weighted by atomic mass is 10.1. The van der Waals surface area contributed by atoms with Gasteiger partial charge in [0.25, 0.3) is 10.1 Å². The van der Waals surface area contributed by atoms with Crippen molar-refractivity contribution in [2.24, 2.45) is 5.92 Å². The van der Waals surface area contributed by atoms with Crippen molar-refractivity contribution in [1.82, 2.24) is 20.2 Å². The zero-order valence-corrected chi connectivity index (χ0v) is 9.92. The molecule has 0 spiro atoms. The first-order chi connectivity index (χ1) is 6.82. The summed E-state index contributed by atoms with van der Waals surface area (Å²) >= 11 is 4.77. The summed E-state index contributed by atoms with van der Waals surface area (Å²) < 4.78 is 32.4. The van der Waals surface area contributed by atoms with Crippen molar-refractivity contribution in [2.75, 3.05) is 0 Å². The van der Waals surface area contributed by atoms with Crippen LogP contribution in [0.15, 0.2) is 0 Å². The Kier molecular flexibility index (Phi) is 3.58. The first-order valence-corrected chi connectivity index (χ1v) is 6.19. The number of nitrogens with one attached hydrogen (secondary N) is 1. The molecule has 1 unspecified atom stereocenters. The molecule has 0 saturated carbocycles. The van der Waals surface area contributed by atoms with Gasteiger partial charge >= 0.3 is 0 Å². The molecule has 0 fully saturated rings. The topological polar surface area (TPSA) is 101 Å². The van der Waals surface area contributed by atoms with Crippen LogP contribution in [0.3, 0.4) is 0 Å². The Morgan fingerprint density at radius 2 is 2.20 bits per heavy atom. The Morgan fingerprint density at radius 1 is 1.60 bits per heavy atom. The van der Waals surface area contributed by atoms with Crippen molar-refractivity contribution >= 4 is 22.3 Å². The van der Waals surface area contributed by atoms with E-state index in [1.807, 2.05) is 13.8 Å². The molecule has 1 rings (SSSR count). The summed E-state index contributed by atoms with van der Waals surface area (Å²) in [6, 6.07) is 0. The van der Waals surface area contributed by atoms with Gasteiger partial charge in [0.1, 0.15) is 0 Å². The van der Waals surface area contributed by atoms with E-state index in [0.717, 1.165) is 4.68 Å². The van der Waals surface area contributed by atoms with Gasteiger partial charge in [-0.1, -0.05) is 24.2 Å². The predicted octanol–water partition coefficient (Wildman–Crippen LogP) is 0.768. The molecule has 0 amide bonds. The number of hydrogen-bond acceptors (Lipinski definition) is 5. The lowest BCUT2D eigenvalue weighted by Gasteiger charge is -2.15. The molecule has 1 heterocycles. The Bertz CT molecular complexity index is 475. The van der Waals surface area contributed by atoms with Crippen LogP contribution in [0.5, 0.6) is 0 Å². The smallest absolute Gasteiger partial charge is 0.284 e. The minimum absolute atomic E-state index is 0.00160. The quantitative estimate of drug-likeness (QED) is 0.606. The SMILES string of the molecule is CC(C)CC(n1[nH]nnc1=S)S(=O)(=O)O. The molecule has 0 aliphatic rings. The Balaban J connectivity index is 3.14. The molecule has 2 N–H and O–H groups in total. The molecule has 7 nitrogen and oxygen atoms in total. The van der Waals surface area contributed by atoms with Crippen LogP contribution in [-0.2, 0) is 10.1 Å². The zero-order chi connectivity index (χ0) is 11.6. The highest BCUT2D eigenvalue weighted by Gasteiger charge is 2.27. The van der Waals surface area contributed by atoms with Crippen molar-refractivity contribution in [3.05, 3.63) is 4.77 Å². The van der Waals surface area contributed by atoms with E-state index in [1.165, 1.54) is 0 Å². The van der Waals surface area contributed by atoms with Crippen LogP contribution in [0.2, 0.25) is 0 Å². The summed E-state index contributed by atoms with van der Waals surface area (Å²) in [5.41, 5.74) is 0. The molecule has 0 saturated heterocycles. The predicted molar refractivity (Wildman–Crippen MR) is 55.2 cm³/mol. The number of aromatic nitrogens is 4. The molecule has 0 aromatic carbocycles. The van der Waals surface area contributed by atoms with Crippen LogP contribution in [0.25, 0.3) is 0 Å². The van der Waals surface area contributed by atoms with E-state index in [1.54, 1.807) is 0 Å². The number of hydrogen-bond donors (Lipinski definition) is 2. The van der Waals surface area contributed by atoms with E-state index in [4.69, 9.17) is 16.8 Å². The van der Waals surface area contributed by atoms with Crippen molar-refractivity contribution in [3.63, 3.8) is 0 Å². The van der Waals surface area contributed by atoms with Crippen LogP contribution >= 0.6 is 12.2 Å². The summed E-state index contributed by atoms with van der Waals surface area (Å²) in [4.78, 5) is 0. The molecule has 1 aromatic heterocycles. The summed E-state index contributed by atoms with van der Waals surface area (Å²) in [6.45, 7) is 3.68. The fourth-order valence-electron chi connectivity index (χ4n) is 1.16. The largest absolute Gasteiger partial charge is 0.288 e. The second kappa shape index (κ2) is 4.37. The van der Waals surface area contributed by atoms with Gasteiger partial charge in [-0.25, -0.2) is 4.68 Å². The highest BCUT2D eigenvalue weighted by molar-refractivity contribution is 7.85. The fraction of sp³-hybridized carbons (Fsp3) is 0.833. The number of aromatic amines is 1. The standard InChI is InChI=1S/C6H12N4O3S2/c1-4(2)3-5(15(11,12)13)10-6(14)7-8-9-10/h4-5H,3H2,1-2H3,(H,7,9,14)(H,11,12,13). The third kappa shape index (κ3) is 3.08. The third-order valence-electron chi connectivity index (χ3n) is 1.80. The molecule has 0 bridgehead atoms. The van der Waals surface area contributed by atoms with Gasteiger partial charge in [-0.05, 0) is 24.6 Å². The molecule has 1 atom stereocenters. The Hall–Kier alpha value is -0.800. The highest BCUT2D eigenvalue weighted by Crippen LogP contribution is 2.21. The van der Waals surface area contributed by atoms with Gasteiger partial charge < -0.3 is 0 Å². The van der Waals surface area contributed by atoms with Crippen molar-refractivity contribution in [1.29, 1.82) is 0 Å². The number of nitrogens with zero attached hydrogens (tertiary/aromatic N) is 3. The van der Waals surface area contributed by atoms with E-state index in [0.29, 0.717) is 0 Å². The molecule has 0 radical (unpaired) electrons. The van der Waals surface area contributed by atoms with Gasteiger partial charge in [-0.15, -0.1) is 0 Å². The van der Waals surface area contributed by atoms with E-state index >= 15 is 0 Å². The van der Waals surface area contributed by atoms with Gasteiger partial charge in [0.2, 0.25) is 4.77 Å². The summed E-state index contributed by atoms with van der Waals surface area (Å²) in [7, 11) is -4.22. The van der Waals surface area contributed by atoms with Gasteiger partial charge in [0.15, 0.2) is 5.37 Å². The van der Waals surface area contributed by atoms with E-state index in [2.05, 4.69) is 15.5 Å². The van der Waals surface area contributed by atoms with Crippen LogP contribution in [0, 0.1) is 10.7 Å². The van der Waals surface area contributed by atoms with E-state index in [9.17, 15) is 8.42 Å². The molecular weight excluding hydrogens is 240 g/mol. The Labute approximate surface area is 92.2 Å². The van der Waals surface area contributed by atoms with E-state index < -0.39 is 15.5 Å². The number of rotatable bonds is 4. The first kappa shape index (κ1) is 12.3. The van der Waals surface area contributed by atoms with Crippen molar-refractivity contribution in [2.45, 2.75) is 25.6 Å². The number of tetrazole rings is 1. The normalized spacial score (nSPS) is 14.4. The highest BCUT2D eigenvalue weighted by atomic mass is 32.2. The molecule has 9 heteroatoms. The molecular formula is C6H12N4O3S2. The lowest BCUT2D eigenvalue weighted by Crippen LogP contribution is -2.22. The second-order valence-corrected chi connectivity index (χ2v) is 5.49. The van der Waals surface area contributed by atoms with Gasteiger partial charge in [0, 0.05) is 0 Å². The average Bonchev–Trinajstić information content (AvgIpc) is 2.45. The van der Waals surface area contributed by atoms with Gasteiger partial charge in [0.05, 0.1) is 0 Å². The summed E-state index contributed by atoms with van der Waals surface area (Å²) in [5.74, 6) is 0.0853. The summed E-state index contributed by atoms with van der Waals surface area (Å²) in [6.07, 6.45) is 0.233. The molecule has 0 aliphatic carbocycles. The van der Waals surface area contributed by atoms with Crippen LogP contribution in [0.1, 0.15) is 25.6 Å². The van der Waals surface area contributed by atoms with E-state index in [-0.39, 0.29) is 17.1 Å². The number of H-pyrrole nitrogens is 1. The van der Waals surface area contributed by atoms with Crippen LogP contribution < -0.4 is 0 Å². The third-order valence-corrected chi connectivity index (χ3v) is 3.17. The monoisotopic (exact) mass is 252 g/mol. The summed E-state index contributed by atoms with van der Waals surface area (Å²) in [5, 5.41) is 8.00. The minimum atomic E-state index is -4.22. The maximum atomic E-state index is 11.1. The molecule has 0 aliphatic heterocycles. The minimum Gasteiger partial charge on any atom is -0.284 e. The second-order valence-electron chi connectivity index (χ2n) is 3.55. The molecule has 1 aromatic rings. The molecule has 86 valence electrons. The zero-order valence-electron chi connectivity index (χ0n) is 8.28.